The Labute approximate surface area is 99.9 Å². The molecule has 0 aromatic carbocycles. The van der Waals surface area contributed by atoms with E-state index in [1.807, 2.05) is 31.1 Å². The molecule has 0 saturated heterocycles. The maximum Gasteiger partial charge on any atom is 0.200 e. The molecule has 0 radical (unpaired) electrons. The zero-order chi connectivity index (χ0) is 12.4. The molecule has 1 aliphatic heterocycles. The predicted octanol–water partition coefficient (Wildman–Crippen LogP) is 0.221. The number of allylic oxidation sites excluding steroid dienone is 1. The van der Waals surface area contributed by atoms with E-state index in [1.165, 1.54) is 0 Å². The van der Waals surface area contributed by atoms with Crippen LogP contribution in [-0.4, -0.2) is 31.0 Å². The Bertz CT molecular complexity index is 536. The molecule has 2 rings (SSSR count). The lowest BCUT2D eigenvalue weighted by Gasteiger charge is -2.26. The summed E-state index contributed by atoms with van der Waals surface area (Å²) in [4.78, 5) is 6.28. The van der Waals surface area contributed by atoms with Crippen LogP contribution in [0.5, 0.6) is 0 Å². The van der Waals surface area contributed by atoms with Crippen molar-refractivity contribution in [2.24, 2.45) is 10.7 Å². The van der Waals surface area contributed by atoms with Gasteiger partial charge in [0, 0.05) is 19.7 Å². The van der Waals surface area contributed by atoms with E-state index in [2.05, 4.69) is 22.1 Å². The highest BCUT2D eigenvalue weighted by atomic mass is 15.3. The molecule has 3 N–H and O–H groups in total. The van der Waals surface area contributed by atoms with Crippen molar-refractivity contribution in [3.63, 3.8) is 0 Å². The van der Waals surface area contributed by atoms with Crippen LogP contribution in [-0.2, 0) is 0 Å². The van der Waals surface area contributed by atoms with Gasteiger partial charge in [-0.25, -0.2) is 4.99 Å². The summed E-state index contributed by atoms with van der Waals surface area (Å²) in [5.41, 5.74) is 10.2. The van der Waals surface area contributed by atoms with Gasteiger partial charge in [-0.05, 0) is 12.2 Å². The molecular weight excluding hydrogens is 214 g/mol. The third kappa shape index (κ3) is 1.94. The lowest BCUT2D eigenvalue weighted by molar-refractivity contribution is 0.580. The van der Waals surface area contributed by atoms with Crippen molar-refractivity contribution in [2.75, 3.05) is 14.1 Å². The van der Waals surface area contributed by atoms with E-state index in [9.17, 15) is 0 Å². The van der Waals surface area contributed by atoms with Crippen LogP contribution in [0.2, 0.25) is 0 Å². The Morgan fingerprint density at radius 1 is 1.59 bits per heavy atom. The number of hydrogen-bond donors (Lipinski definition) is 2. The van der Waals surface area contributed by atoms with Gasteiger partial charge in [-0.1, -0.05) is 6.08 Å². The Morgan fingerprint density at radius 3 is 2.88 bits per heavy atom. The Balaban J connectivity index is 2.44. The van der Waals surface area contributed by atoms with Crippen LogP contribution in [0.15, 0.2) is 45.9 Å². The highest BCUT2D eigenvalue weighted by molar-refractivity contribution is 5.83. The van der Waals surface area contributed by atoms with Crippen molar-refractivity contribution in [3.8, 4) is 6.07 Å². The minimum Gasteiger partial charge on any atom is -0.384 e. The quantitative estimate of drug-likeness (QED) is 0.628. The first-order valence-electron chi connectivity index (χ1n) is 5.18. The van der Waals surface area contributed by atoms with Crippen molar-refractivity contribution < 1.29 is 0 Å². The topological polar surface area (TPSA) is 77.4 Å². The first-order chi connectivity index (χ1) is 8.13. The molecule has 17 heavy (non-hydrogen) atoms. The molecule has 2 aliphatic rings. The molecule has 1 atom stereocenters. The fourth-order valence-corrected chi connectivity index (χ4v) is 1.64. The highest BCUT2D eigenvalue weighted by Crippen LogP contribution is 2.22. The molecule has 0 spiro atoms. The number of nitriles is 1. The summed E-state index contributed by atoms with van der Waals surface area (Å²) in [6, 6.07) is 1.73. The van der Waals surface area contributed by atoms with Gasteiger partial charge in [-0.2, -0.15) is 5.26 Å². The summed E-state index contributed by atoms with van der Waals surface area (Å²) >= 11 is 0. The van der Waals surface area contributed by atoms with E-state index in [4.69, 9.17) is 11.0 Å². The van der Waals surface area contributed by atoms with Gasteiger partial charge in [0.25, 0.3) is 0 Å². The van der Waals surface area contributed by atoms with Gasteiger partial charge >= 0.3 is 0 Å². The van der Waals surface area contributed by atoms with Crippen molar-refractivity contribution in [3.05, 3.63) is 40.9 Å². The van der Waals surface area contributed by atoms with E-state index in [0.717, 1.165) is 5.57 Å². The van der Waals surface area contributed by atoms with E-state index >= 15 is 0 Å². The fourth-order valence-electron chi connectivity index (χ4n) is 1.64. The third-order valence-corrected chi connectivity index (χ3v) is 2.52. The van der Waals surface area contributed by atoms with Crippen molar-refractivity contribution in [1.82, 2.24) is 10.2 Å². The predicted molar refractivity (Wildman–Crippen MR) is 65.6 cm³/mol. The lowest BCUT2D eigenvalue weighted by atomic mass is 10.0. The van der Waals surface area contributed by atoms with E-state index in [0.29, 0.717) is 17.4 Å². The van der Waals surface area contributed by atoms with Gasteiger partial charge in [-0.3, -0.25) is 0 Å². The van der Waals surface area contributed by atoms with E-state index < -0.39 is 0 Å². The molecule has 0 bridgehead atoms. The molecule has 0 aromatic rings. The number of guanidine groups is 1. The van der Waals surface area contributed by atoms with Crippen LogP contribution < -0.4 is 11.1 Å². The summed E-state index contributed by atoms with van der Waals surface area (Å²) in [7, 11) is 3.73. The summed E-state index contributed by atoms with van der Waals surface area (Å²) in [5.74, 6) is 0.993. The highest BCUT2D eigenvalue weighted by Gasteiger charge is 2.26. The lowest BCUT2D eigenvalue weighted by Crippen LogP contribution is -2.43. The van der Waals surface area contributed by atoms with Gasteiger partial charge in [0.15, 0.2) is 5.96 Å². The maximum atomic E-state index is 9.13. The van der Waals surface area contributed by atoms with Gasteiger partial charge in [0.2, 0.25) is 0 Å². The van der Waals surface area contributed by atoms with Crippen molar-refractivity contribution in [1.29, 1.82) is 5.26 Å². The molecule has 86 valence electrons. The van der Waals surface area contributed by atoms with Crippen LogP contribution >= 0.6 is 0 Å². The zero-order valence-electron chi connectivity index (χ0n) is 9.73. The standard InChI is InChI=1S/C12H13N5/c1-17(2)12-15-10(8-5-3-4-6-8)9(7-13)11(14)16-12/h3-5,10H,14H2,1-2H3,(H,15,16). The Morgan fingerprint density at radius 2 is 2.35 bits per heavy atom. The zero-order valence-corrected chi connectivity index (χ0v) is 9.73. The molecule has 5 heteroatoms. The molecule has 0 aromatic heterocycles. The van der Waals surface area contributed by atoms with Crippen LogP contribution in [0, 0.1) is 11.3 Å². The van der Waals surface area contributed by atoms with Gasteiger partial charge < -0.3 is 16.0 Å². The average Bonchev–Trinajstić information content (AvgIpc) is 2.81. The van der Waals surface area contributed by atoms with Gasteiger partial charge in [0.05, 0.1) is 5.57 Å². The smallest absolute Gasteiger partial charge is 0.200 e. The summed E-state index contributed by atoms with van der Waals surface area (Å²) < 4.78 is 0. The molecule has 0 amide bonds. The summed E-state index contributed by atoms with van der Waals surface area (Å²) in [6.45, 7) is 0. The fraction of sp³-hybridized carbons (Fsp3) is 0.250. The van der Waals surface area contributed by atoms with Gasteiger partial charge in [0.1, 0.15) is 17.9 Å². The average molecular weight is 227 g/mol. The monoisotopic (exact) mass is 227 g/mol. The minimum absolute atomic E-state index is 0.353. The Hall–Kier alpha value is -2.44. The molecule has 5 nitrogen and oxygen atoms in total. The second-order valence-electron chi connectivity index (χ2n) is 3.94. The number of nitrogens with two attached hydrogens (primary N) is 1. The number of aliphatic imine (C=N–C) groups is 1. The molecule has 1 heterocycles. The maximum absolute atomic E-state index is 9.13. The molecule has 1 aliphatic carbocycles. The normalized spacial score (nSPS) is 21.8. The third-order valence-electron chi connectivity index (χ3n) is 2.52. The van der Waals surface area contributed by atoms with E-state index in [1.54, 1.807) is 6.08 Å². The minimum atomic E-state index is -0.367. The summed E-state index contributed by atoms with van der Waals surface area (Å²) in [6.07, 6.45) is 5.55. The summed E-state index contributed by atoms with van der Waals surface area (Å²) in [5, 5.41) is 12.0. The molecule has 0 fully saturated rings. The van der Waals surface area contributed by atoms with Crippen LogP contribution in [0.4, 0.5) is 0 Å². The first-order valence-corrected chi connectivity index (χ1v) is 5.18. The molecule has 1 unspecified atom stereocenters. The van der Waals surface area contributed by atoms with Crippen LogP contribution in [0.25, 0.3) is 0 Å². The number of nitrogens with one attached hydrogen (secondary N) is 1. The first kappa shape index (κ1) is 11.1. The van der Waals surface area contributed by atoms with Crippen molar-refractivity contribution >= 4 is 5.96 Å². The Kier molecular flexibility index (Phi) is 2.73. The molecular formula is C12H13N5. The van der Waals surface area contributed by atoms with Gasteiger partial charge in [-0.15, -0.1) is 5.73 Å². The van der Waals surface area contributed by atoms with Crippen molar-refractivity contribution in [2.45, 2.75) is 6.04 Å². The van der Waals surface area contributed by atoms with E-state index in [-0.39, 0.29) is 6.04 Å². The van der Waals surface area contributed by atoms with Crippen LogP contribution in [0.1, 0.15) is 0 Å². The number of nitrogens with zero attached hydrogens (tertiary/aromatic N) is 3. The second kappa shape index (κ2) is 4.20. The largest absolute Gasteiger partial charge is 0.384 e. The molecule has 0 saturated carbocycles. The second-order valence-corrected chi connectivity index (χ2v) is 3.94. The SMILES string of the molecule is CN(C)C1=NC(C2=C=CC=C2)C(C#N)=C(N)N1. The number of rotatable bonds is 1. The van der Waals surface area contributed by atoms with Crippen LogP contribution in [0.3, 0.4) is 0 Å². The number of hydrogen-bond acceptors (Lipinski definition) is 5.